The van der Waals surface area contributed by atoms with Crippen molar-refractivity contribution in [3.05, 3.63) is 28.2 Å². The summed E-state index contributed by atoms with van der Waals surface area (Å²) in [4.78, 5) is 25.8. The molecule has 1 aromatic carbocycles. The fourth-order valence-corrected chi connectivity index (χ4v) is 3.73. The highest BCUT2D eigenvalue weighted by Crippen LogP contribution is 2.27. The Labute approximate surface area is 141 Å². The third-order valence-corrected chi connectivity index (χ3v) is 5.48. The average Bonchev–Trinajstić information content (AvgIpc) is 2.46. The fourth-order valence-electron chi connectivity index (χ4n) is 2.35. The Morgan fingerprint density at radius 2 is 2.00 bits per heavy atom. The molecule has 2 N–H and O–H groups in total. The topological polar surface area (TPSA) is 77.8 Å². The number of hydrogen-bond acceptors (Lipinski definition) is 4. The van der Waals surface area contributed by atoms with Crippen LogP contribution in [-0.4, -0.2) is 51.4 Å². The Bertz CT molecular complexity index is 585. The molecule has 120 valence electrons. The number of carboxylic acid groups (broad SMARTS) is 1. The zero-order valence-corrected chi connectivity index (χ0v) is 14.6. The molecule has 0 bridgehead atoms. The van der Waals surface area contributed by atoms with Crippen molar-refractivity contribution in [3.8, 4) is 0 Å². The number of piperidine rings is 1. The molecular weight excluding hydrogens is 370 g/mol. The second-order valence-corrected chi connectivity index (χ2v) is 7.35. The van der Waals surface area contributed by atoms with E-state index >= 15 is 0 Å². The van der Waals surface area contributed by atoms with Crippen molar-refractivity contribution in [3.63, 3.8) is 0 Å². The molecule has 1 aromatic rings. The first-order valence-electron chi connectivity index (χ1n) is 6.94. The van der Waals surface area contributed by atoms with Crippen LogP contribution in [0.15, 0.2) is 27.6 Å². The molecule has 1 aliphatic heterocycles. The number of likely N-dealkylation sites (tertiary alicyclic amines) is 1. The van der Waals surface area contributed by atoms with Gasteiger partial charge in [-0.25, -0.2) is 4.79 Å². The molecule has 0 spiro atoms. The van der Waals surface area contributed by atoms with E-state index in [-0.39, 0.29) is 31.8 Å². The number of thioether (sulfide) groups is 1. The zero-order valence-electron chi connectivity index (χ0n) is 12.2. The standard InChI is InChI=1S/C15H18BrNO4S/c1-10-8-11(16)2-3-12(10)22-9-13(18)17-6-4-15(21,5-7-17)14(19)20/h2-3,8,21H,4-7,9H2,1H3,(H,19,20). The van der Waals surface area contributed by atoms with Crippen LogP contribution in [0.1, 0.15) is 18.4 Å². The highest BCUT2D eigenvalue weighted by molar-refractivity contribution is 9.10. The van der Waals surface area contributed by atoms with Gasteiger partial charge in [-0.05, 0) is 30.7 Å². The van der Waals surface area contributed by atoms with E-state index in [9.17, 15) is 14.7 Å². The molecule has 1 heterocycles. The molecule has 0 saturated carbocycles. The van der Waals surface area contributed by atoms with E-state index in [4.69, 9.17) is 5.11 Å². The molecule has 0 atom stereocenters. The Kier molecular flexibility index (Phi) is 5.52. The van der Waals surface area contributed by atoms with Crippen molar-refractivity contribution in [2.45, 2.75) is 30.3 Å². The van der Waals surface area contributed by atoms with Crippen molar-refractivity contribution in [2.75, 3.05) is 18.8 Å². The van der Waals surface area contributed by atoms with E-state index in [1.807, 2.05) is 25.1 Å². The smallest absolute Gasteiger partial charge is 0.335 e. The van der Waals surface area contributed by atoms with E-state index in [2.05, 4.69) is 15.9 Å². The highest BCUT2D eigenvalue weighted by atomic mass is 79.9. The normalized spacial score (nSPS) is 17.3. The number of aliphatic hydroxyl groups is 1. The molecule has 2 rings (SSSR count). The predicted molar refractivity (Wildman–Crippen MR) is 88.0 cm³/mol. The van der Waals surface area contributed by atoms with Crippen LogP contribution >= 0.6 is 27.7 Å². The molecule has 1 saturated heterocycles. The van der Waals surface area contributed by atoms with Crippen molar-refractivity contribution in [1.29, 1.82) is 0 Å². The summed E-state index contributed by atoms with van der Waals surface area (Å²) in [6, 6.07) is 5.91. The minimum Gasteiger partial charge on any atom is -0.479 e. The van der Waals surface area contributed by atoms with Gasteiger partial charge in [0.2, 0.25) is 5.91 Å². The van der Waals surface area contributed by atoms with Crippen molar-refractivity contribution in [2.24, 2.45) is 0 Å². The number of halogens is 1. The number of nitrogens with zero attached hydrogens (tertiary/aromatic N) is 1. The largest absolute Gasteiger partial charge is 0.479 e. The number of aliphatic carboxylic acids is 1. The lowest BCUT2D eigenvalue weighted by Gasteiger charge is -2.35. The van der Waals surface area contributed by atoms with Gasteiger partial charge in [0.1, 0.15) is 0 Å². The molecule has 1 aliphatic rings. The van der Waals surface area contributed by atoms with Crippen molar-refractivity contribution < 1.29 is 19.8 Å². The Hall–Kier alpha value is -1.05. The molecule has 1 fully saturated rings. The summed E-state index contributed by atoms with van der Waals surface area (Å²) in [5.74, 6) is -0.923. The lowest BCUT2D eigenvalue weighted by molar-refractivity contribution is -0.165. The Morgan fingerprint density at radius 3 is 2.55 bits per heavy atom. The number of carbonyl (C=O) groups is 2. The lowest BCUT2D eigenvalue weighted by atomic mass is 9.92. The van der Waals surface area contributed by atoms with Crippen molar-refractivity contribution in [1.82, 2.24) is 4.90 Å². The maximum atomic E-state index is 12.2. The van der Waals surface area contributed by atoms with E-state index in [0.29, 0.717) is 5.75 Å². The van der Waals surface area contributed by atoms with Gasteiger partial charge in [-0.15, -0.1) is 11.8 Å². The van der Waals surface area contributed by atoms with Gasteiger partial charge in [0.15, 0.2) is 5.60 Å². The van der Waals surface area contributed by atoms with Crippen LogP contribution in [0.5, 0.6) is 0 Å². The first kappa shape index (κ1) is 17.3. The summed E-state index contributed by atoms with van der Waals surface area (Å²) in [5.41, 5.74) is -0.585. The van der Waals surface area contributed by atoms with Gasteiger partial charge in [0.05, 0.1) is 5.75 Å². The number of amides is 1. The summed E-state index contributed by atoms with van der Waals surface area (Å²) in [6.45, 7) is 2.55. The monoisotopic (exact) mass is 387 g/mol. The molecule has 0 aromatic heterocycles. The van der Waals surface area contributed by atoms with Gasteiger partial charge >= 0.3 is 5.97 Å². The molecule has 0 unspecified atom stereocenters. The summed E-state index contributed by atoms with van der Waals surface area (Å²) >= 11 is 4.88. The number of carboxylic acids is 1. The zero-order chi connectivity index (χ0) is 16.3. The number of aryl methyl sites for hydroxylation is 1. The van der Waals surface area contributed by atoms with Crippen LogP contribution in [0.4, 0.5) is 0 Å². The molecule has 5 nitrogen and oxygen atoms in total. The molecule has 0 radical (unpaired) electrons. The fraction of sp³-hybridized carbons (Fsp3) is 0.467. The molecular formula is C15H18BrNO4S. The first-order chi connectivity index (χ1) is 10.3. The Balaban J connectivity index is 1.87. The second-order valence-electron chi connectivity index (χ2n) is 5.42. The number of benzene rings is 1. The third kappa shape index (κ3) is 4.02. The summed E-state index contributed by atoms with van der Waals surface area (Å²) in [6.07, 6.45) is 0.159. The molecule has 0 aliphatic carbocycles. The minimum atomic E-state index is -1.69. The molecule has 22 heavy (non-hydrogen) atoms. The number of rotatable bonds is 4. The van der Waals surface area contributed by atoms with Gasteiger partial charge in [0.25, 0.3) is 0 Å². The van der Waals surface area contributed by atoms with E-state index in [0.717, 1.165) is 14.9 Å². The quantitative estimate of drug-likeness (QED) is 0.774. The second kappa shape index (κ2) is 7.02. The summed E-state index contributed by atoms with van der Waals surface area (Å²) in [5, 5.41) is 18.8. The summed E-state index contributed by atoms with van der Waals surface area (Å²) < 4.78 is 1.00. The Morgan fingerprint density at radius 1 is 1.36 bits per heavy atom. The molecule has 1 amide bonds. The van der Waals surface area contributed by atoms with Gasteiger partial charge in [0, 0.05) is 35.3 Å². The van der Waals surface area contributed by atoms with Crippen LogP contribution in [0, 0.1) is 6.92 Å². The van der Waals surface area contributed by atoms with Crippen molar-refractivity contribution >= 4 is 39.6 Å². The van der Waals surface area contributed by atoms with Crippen LogP contribution in [0.2, 0.25) is 0 Å². The van der Waals surface area contributed by atoms with Gasteiger partial charge in [-0.2, -0.15) is 0 Å². The maximum Gasteiger partial charge on any atom is 0.335 e. The first-order valence-corrected chi connectivity index (χ1v) is 8.72. The van der Waals surface area contributed by atoms with Crippen LogP contribution in [0.3, 0.4) is 0 Å². The third-order valence-electron chi connectivity index (χ3n) is 3.83. The predicted octanol–water partition coefficient (Wildman–Crippen LogP) is 2.29. The highest BCUT2D eigenvalue weighted by Gasteiger charge is 2.40. The number of carbonyl (C=O) groups excluding carboxylic acids is 1. The van der Waals surface area contributed by atoms with Gasteiger partial charge in [-0.1, -0.05) is 15.9 Å². The maximum absolute atomic E-state index is 12.2. The van der Waals surface area contributed by atoms with E-state index in [1.165, 1.54) is 11.8 Å². The number of hydrogen-bond donors (Lipinski definition) is 2. The average molecular weight is 388 g/mol. The van der Waals surface area contributed by atoms with Gasteiger partial charge in [-0.3, -0.25) is 4.79 Å². The van der Waals surface area contributed by atoms with Crippen LogP contribution in [0.25, 0.3) is 0 Å². The summed E-state index contributed by atoms with van der Waals surface area (Å²) in [7, 11) is 0. The van der Waals surface area contributed by atoms with E-state index in [1.54, 1.807) is 4.90 Å². The lowest BCUT2D eigenvalue weighted by Crippen LogP contribution is -2.51. The van der Waals surface area contributed by atoms with E-state index < -0.39 is 11.6 Å². The van der Waals surface area contributed by atoms with Crippen LogP contribution < -0.4 is 0 Å². The van der Waals surface area contributed by atoms with Crippen LogP contribution in [-0.2, 0) is 9.59 Å². The van der Waals surface area contributed by atoms with Gasteiger partial charge < -0.3 is 15.1 Å². The minimum absolute atomic E-state index is 0.0280. The molecule has 7 heteroatoms. The SMILES string of the molecule is Cc1cc(Br)ccc1SCC(=O)N1CCC(O)(C(=O)O)CC1.